The summed E-state index contributed by atoms with van der Waals surface area (Å²) in [5.74, 6) is 0.0371. The summed E-state index contributed by atoms with van der Waals surface area (Å²) in [4.78, 5) is 27.7. The van der Waals surface area contributed by atoms with Crippen LogP contribution in [-0.4, -0.2) is 79.6 Å². The SMILES string of the molecule is C[C@H]1CN([C@@H](C)CO)C(=O)Cc2cc(NC(=O)NC3CCCCC3)ccc2O[C@H]1CN(C)S(=O)(=O)c1cccs1. The third-order valence-electron chi connectivity index (χ3n) is 7.71. The number of nitrogens with zero attached hydrogens (tertiary/aromatic N) is 2. The number of carbonyl (C=O) groups excluding carboxylic acids is 2. The lowest BCUT2D eigenvalue weighted by Crippen LogP contribution is -2.48. The van der Waals surface area contributed by atoms with Crippen LogP contribution in [-0.2, 0) is 21.2 Å². The number of nitrogens with one attached hydrogen (secondary N) is 2. The Kier molecular flexibility index (Phi) is 10.1. The Morgan fingerprint density at radius 3 is 2.67 bits per heavy atom. The molecule has 1 aromatic heterocycles. The van der Waals surface area contributed by atoms with Crippen molar-refractivity contribution < 1.29 is 27.9 Å². The molecule has 0 bridgehead atoms. The number of hydrogen-bond acceptors (Lipinski definition) is 7. The maximum absolute atomic E-state index is 13.4. The van der Waals surface area contributed by atoms with Crippen molar-refractivity contribution in [3.05, 3.63) is 41.3 Å². The molecule has 0 unspecified atom stereocenters. The Morgan fingerprint density at radius 1 is 1.25 bits per heavy atom. The van der Waals surface area contributed by atoms with Crippen LogP contribution in [0.1, 0.15) is 51.5 Å². The lowest BCUT2D eigenvalue weighted by Gasteiger charge is -2.33. The normalized spacial score (nSPS) is 21.5. The molecule has 220 valence electrons. The molecule has 12 heteroatoms. The highest BCUT2D eigenvalue weighted by molar-refractivity contribution is 7.91. The quantitative estimate of drug-likeness (QED) is 0.429. The molecule has 1 saturated carbocycles. The number of carbonyl (C=O) groups is 2. The summed E-state index contributed by atoms with van der Waals surface area (Å²) < 4.78 is 34.2. The summed E-state index contributed by atoms with van der Waals surface area (Å²) in [5.41, 5.74) is 1.12. The van der Waals surface area contributed by atoms with E-state index in [1.165, 1.54) is 17.8 Å². The van der Waals surface area contributed by atoms with E-state index in [9.17, 15) is 23.1 Å². The van der Waals surface area contributed by atoms with Gasteiger partial charge in [0.05, 0.1) is 25.6 Å². The summed E-state index contributed by atoms with van der Waals surface area (Å²) in [6, 6.07) is 7.89. The van der Waals surface area contributed by atoms with E-state index in [2.05, 4.69) is 10.6 Å². The Balaban J connectivity index is 1.58. The number of hydrogen-bond donors (Lipinski definition) is 3. The highest BCUT2D eigenvalue weighted by Crippen LogP contribution is 2.30. The van der Waals surface area contributed by atoms with E-state index in [0.717, 1.165) is 37.0 Å². The van der Waals surface area contributed by atoms with Crippen LogP contribution >= 0.6 is 11.3 Å². The average molecular weight is 593 g/mol. The van der Waals surface area contributed by atoms with Gasteiger partial charge in [0.25, 0.3) is 10.0 Å². The van der Waals surface area contributed by atoms with Crippen molar-refractivity contribution in [1.29, 1.82) is 0 Å². The third kappa shape index (κ3) is 7.34. The molecule has 4 rings (SSSR count). The Morgan fingerprint density at radius 2 is 2.00 bits per heavy atom. The molecule has 2 aliphatic rings. The Bertz CT molecular complexity index is 1260. The Hall–Kier alpha value is -2.67. The van der Waals surface area contributed by atoms with Gasteiger partial charge >= 0.3 is 6.03 Å². The molecule has 0 saturated heterocycles. The minimum Gasteiger partial charge on any atom is -0.488 e. The molecule has 1 aromatic carbocycles. The maximum atomic E-state index is 13.4. The summed E-state index contributed by atoms with van der Waals surface area (Å²) in [6.07, 6.45) is 4.78. The number of thiophene rings is 1. The van der Waals surface area contributed by atoms with Gasteiger partial charge in [-0.1, -0.05) is 32.3 Å². The maximum Gasteiger partial charge on any atom is 0.319 e. The monoisotopic (exact) mass is 592 g/mol. The topological polar surface area (TPSA) is 128 Å². The van der Waals surface area contributed by atoms with Crippen molar-refractivity contribution in [3.63, 3.8) is 0 Å². The average Bonchev–Trinajstić information content (AvgIpc) is 3.49. The van der Waals surface area contributed by atoms with Crippen LogP contribution in [0.5, 0.6) is 5.75 Å². The predicted octanol–water partition coefficient (Wildman–Crippen LogP) is 3.67. The van der Waals surface area contributed by atoms with Crippen LogP contribution in [0.2, 0.25) is 0 Å². The summed E-state index contributed by atoms with van der Waals surface area (Å²) in [6.45, 7) is 3.85. The fourth-order valence-electron chi connectivity index (χ4n) is 5.24. The zero-order valence-electron chi connectivity index (χ0n) is 23.3. The molecule has 1 fully saturated rings. The molecule has 3 N–H and O–H groups in total. The standard InChI is InChI=1S/C28H40N4O6S2/c1-19-16-32(20(2)18-33)26(34)15-21-14-23(30-28(35)29-22-8-5-4-6-9-22)11-12-24(21)38-25(19)17-31(3)40(36,37)27-10-7-13-39-27/h7,10-14,19-20,22,25,33H,4-6,8-9,15-18H2,1-3H3,(H2,29,30,35)/t19-,20-,25-/m0/s1. The van der Waals surface area contributed by atoms with Crippen molar-refractivity contribution in [2.75, 3.05) is 32.1 Å². The second-order valence-corrected chi connectivity index (χ2v) is 14.1. The molecule has 1 aliphatic carbocycles. The third-order valence-corrected chi connectivity index (χ3v) is 10.9. The van der Waals surface area contributed by atoms with Crippen LogP contribution in [0.3, 0.4) is 0 Å². The van der Waals surface area contributed by atoms with E-state index < -0.39 is 22.2 Å². The Labute approximate surface area is 240 Å². The number of sulfonamides is 1. The van der Waals surface area contributed by atoms with Gasteiger partial charge in [0.1, 0.15) is 16.1 Å². The summed E-state index contributed by atoms with van der Waals surface area (Å²) in [5, 5.41) is 17.5. The minimum absolute atomic E-state index is 0.0161. The van der Waals surface area contributed by atoms with Gasteiger partial charge < -0.3 is 25.4 Å². The second-order valence-electron chi connectivity index (χ2n) is 10.9. The number of likely N-dealkylation sites (N-methyl/N-ethyl adjacent to an activating group) is 1. The fraction of sp³-hybridized carbons (Fsp3) is 0.571. The first-order chi connectivity index (χ1) is 19.1. The van der Waals surface area contributed by atoms with Crippen LogP contribution in [0, 0.1) is 5.92 Å². The first-order valence-corrected chi connectivity index (χ1v) is 16.2. The van der Waals surface area contributed by atoms with Gasteiger partial charge in [-0.3, -0.25) is 4.79 Å². The first kappa shape index (κ1) is 30.3. The zero-order chi connectivity index (χ0) is 28.9. The van der Waals surface area contributed by atoms with Gasteiger partial charge in [-0.25, -0.2) is 13.2 Å². The summed E-state index contributed by atoms with van der Waals surface area (Å²) in [7, 11) is -2.18. The van der Waals surface area contributed by atoms with Crippen molar-refractivity contribution in [2.24, 2.45) is 5.92 Å². The number of benzene rings is 1. The number of ether oxygens (including phenoxy) is 1. The van der Waals surface area contributed by atoms with Crippen molar-refractivity contribution in [1.82, 2.24) is 14.5 Å². The van der Waals surface area contributed by atoms with Gasteiger partial charge in [-0.15, -0.1) is 11.3 Å². The molecule has 3 atom stereocenters. The van der Waals surface area contributed by atoms with E-state index in [4.69, 9.17) is 4.74 Å². The largest absolute Gasteiger partial charge is 0.488 e. The molecule has 1 aliphatic heterocycles. The summed E-state index contributed by atoms with van der Waals surface area (Å²) >= 11 is 1.15. The first-order valence-electron chi connectivity index (χ1n) is 13.9. The van der Waals surface area contributed by atoms with E-state index in [1.54, 1.807) is 47.5 Å². The van der Waals surface area contributed by atoms with Crippen molar-refractivity contribution in [2.45, 2.75) is 74.8 Å². The molecule has 40 heavy (non-hydrogen) atoms. The van der Waals surface area contributed by atoms with Gasteiger partial charge in [-0.05, 0) is 49.4 Å². The number of urea groups is 1. The van der Waals surface area contributed by atoms with E-state index >= 15 is 0 Å². The van der Waals surface area contributed by atoms with Crippen LogP contribution in [0.4, 0.5) is 10.5 Å². The minimum atomic E-state index is -3.71. The fourth-order valence-corrected chi connectivity index (χ4v) is 7.62. The van der Waals surface area contributed by atoms with Crippen molar-refractivity contribution in [3.8, 4) is 5.75 Å². The van der Waals surface area contributed by atoms with Gasteiger partial charge in [0, 0.05) is 36.8 Å². The van der Waals surface area contributed by atoms with Crippen LogP contribution < -0.4 is 15.4 Å². The van der Waals surface area contributed by atoms with Gasteiger partial charge in [0.2, 0.25) is 5.91 Å². The second kappa shape index (κ2) is 13.3. The number of aliphatic hydroxyl groups is 1. The van der Waals surface area contributed by atoms with E-state index in [0.29, 0.717) is 23.5 Å². The van der Waals surface area contributed by atoms with Crippen LogP contribution in [0.15, 0.2) is 39.9 Å². The number of amides is 3. The van der Waals surface area contributed by atoms with E-state index in [-0.39, 0.29) is 47.7 Å². The number of aliphatic hydroxyl groups excluding tert-OH is 1. The number of fused-ring (bicyclic) bond motifs is 1. The van der Waals surface area contributed by atoms with Crippen molar-refractivity contribution >= 4 is 39.0 Å². The van der Waals surface area contributed by atoms with Gasteiger partial charge in [-0.2, -0.15) is 4.31 Å². The lowest BCUT2D eigenvalue weighted by atomic mass is 9.96. The lowest BCUT2D eigenvalue weighted by molar-refractivity contribution is -0.134. The molecular weight excluding hydrogens is 552 g/mol. The van der Waals surface area contributed by atoms with E-state index in [1.807, 2.05) is 6.92 Å². The number of rotatable bonds is 8. The molecule has 10 nitrogen and oxygen atoms in total. The smallest absolute Gasteiger partial charge is 0.319 e. The predicted molar refractivity (Wildman–Crippen MR) is 155 cm³/mol. The molecule has 2 aromatic rings. The molecule has 2 heterocycles. The highest BCUT2D eigenvalue weighted by atomic mass is 32.2. The molecule has 0 radical (unpaired) electrons. The van der Waals surface area contributed by atoms with Crippen LogP contribution in [0.25, 0.3) is 0 Å². The van der Waals surface area contributed by atoms with Gasteiger partial charge in [0.15, 0.2) is 0 Å². The molecular formula is C28H40N4O6S2. The highest BCUT2D eigenvalue weighted by Gasteiger charge is 2.33. The zero-order valence-corrected chi connectivity index (χ0v) is 25.0. The molecule has 0 spiro atoms. The molecule has 3 amide bonds. The number of anilines is 1.